The van der Waals surface area contributed by atoms with Crippen molar-refractivity contribution in [2.75, 3.05) is 24.3 Å². The van der Waals surface area contributed by atoms with Crippen molar-refractivity contribution in [1.82, 2.24) is 15.2 Å². The third-order valence-corrected chi connectivity index (χ3v) is 4.30. The molecule has 3 aromatic rings. The van der Waals surface area contributed by atoms with Crippen molar-refractivity contribution in [3.8, 4) is 5.75 Å². The maximum absolute atomic E-state index is 5.37. The minimum atomic E-state index is 0.496. The molecule has 0 saturated heterocycles. The van der Waals surface area contributed by atoms with E-state index in [-0.39, 0.29) is 0 Å². The third-order valence-electron chi connectivity index (χ3n) is 4.30. The molecule has 0 aliphatic heterocycles. The number of hydrogen-bond donors (Lipinski definition) is 2. The van der Waals surface area contributed by atoms with Gasteiger partial charge >= 0.3 is 0 Å². The molecule has 0 radical (unpaired) electrons. The van der Waals surface area contributed by atoms with Crippen LogP contribution in [0.2, 0.25) is 0 Å². The van der Waals surface area contributed by atoms with Crippen LogP contribution in [0.25, 0.3) is 0 Å². The van der Waals surface area contributed by atoms with E-state index in [1.165, 1.54) is 11.1 Å². The molecule has 6 heteroatoms. The van der Waals surface area contributed by atoms with E-state index in [1.54, 1.807) is 13.3 Å². The number of nitrogens with one attached hydrogen (secondary N) is 2. The molecule has 1 heterocycles. The number of para-hydroxylation sites is 1. The van der Waals surface area contributed by atoms with Crippen LogP contribution in [0.5, 0.6) is 5.75 Å². The van der Waals surface area contributed by atoms with Crippen LogP contribution >= 0.6 is 0 Å². The number of hydrogen-bond acceptors (Lipinski definition) is 6. The Balaban J connectivity index is 1.63. The lowest BCUT2D eigenvalue weighted by Gasteiger charge is -2.11. The summed E-state index contributed by atoms with van der Waals surface area (Å²) in [5, 5.41) is 14.6. The van der Waals surface area contributed by atoms with E-state index in [0.29, 0.717) is 18.3 Å². The van der Waals surface area contributed by atoms with E-state index < -0.39 is 0 Å². The van der Waals surface area contributed by atoms with E-state index in [1.807, 2.05) is 30.3 Å². The molecule has 0 unspecified atom stereocenters. The van der Waals surface area contributed by atoms with Gasteiger partial charge in [0.15, 0.2) is 5.82 Å². The molecule has 0 bridgehead atoms. The average molecular weight is 349 g/mol. The van der Waals surface area contributed by atoms with Gasteiger partial charge < -0.3 is 15.4 Å². The lowest BCUT2D eigenvalue weighted by Crippen LogP contribution is -2.10. The fraction of sp³-hybridized carbons (Fsp3) is 0.250. The van der Waals surface area contributed by atoms with E-state index in [4.69, 9.17) is 4.74 Å². The molecular formula is C20H23N5O. The second-order valence-electron chi connectivity index (χ2n) is 6.03. The first-order valence-corrected chi connectivity index (χ1v) is 8.56. The predicted octanol–water partition coefficient (Wildman–Crippen LogP) is 3.90. The number of nitrogens with zero attached hydrogens (tertiary/aromatic N) is 3. The molecule has 0 saturated carbocycles. The molecule has 0 fully saturated rings. The number of aryl methyl sites for hydroxylation is 1. The molecule has 0 atom stereocenters. The van der Waals surface area contributed by atoms with Gasteiger partial charge in [-0.25, -0.2) is 0 Å². The summed E-state index contributed by atoms with van der Waals surface area (Å²) in [6.45, 7) is 4.86. The first kappa shape index (κ1) is 17.7. The van der Waals surface area contributed by atoms with Crippen LogP contribution in [-0.4, -0.2) is 28.8 Å². The normalized spacial score (nSPS) is 10.4. The van der Waals surface area contributed by atoms with Crippen molar-refractivity contribution >= 4 is 17.5 Å². The third kappa shape index (κ3) is 4.27. The van der Waals surface area contributed by atoms with Crippen molar-refractivity contribution < 1.29 is 4.74 Å². The zero-order valence-electron chi connectivity index (χ0n) is 15.3. The number of anilines is 3. The van der Waals surface area contributed by atoms with Gasteiger partial charge in [0.2, 0.25) is 5.95 Å². The summed E-state index contributed by atoms with van der Waals surface area (Å²) < 4.78 is 5.37. The van der Waals surface area contributed by atoms with Gasteiger partial charge in [0.1, 0.15) is 5.75 Å². The fourth-order valence-electron chi connectivity index (χ4n) is 2.68. The Labute approximate surface area is 153 Å². The maximum Gasteiger partial charge on any atom is 0.244 e. The predicted molar refractivity (Wildman–Crippen MR) is 104 cm³/mol. The van der Waals surface area contributed by atoms with Crippen molar-refractivity contribution in [3.63, 3.8) is 0 Å². The van der Waals surface area contributed by atoms with Crippen LogP contribution < -0.4 is 15.4 Å². The van der Waals surface area contributed by atoms with E-state index in [0.717, 1.165) is 23.4 Å². The highest BCUT2D eigenvalue weighted by atomic mass is 16.5. The van der Waals surface area contributed by atoms with Gasteiger partial charge in [-0.05, 0) is 49.1 Å². The van der Waals surface area contributed by atoms with E-state index in [9.17, 15) is 0 Å². The SMILES string of the molecule is COc1ccccc1CCNc1nncc(Nc2cccc(C)c2C)n1. The highest BCUT2D eigenvalue weighted by Crippen LogP contribution is 2.22. The first-order valence-electron chi connectivity index (χ1n) is 8.56. The van der Waals surface area contributed by atoms with E-state index in [2.05, 4.69) is 51.8 Å². The molecule has 0 aliphatic rings. The summed E-state index contributed by atoms with van der Waals surface area (Å²) in [7, 11) is 1.68. The van der Waals surface area contributed by atoms with Gasteiger partial charge in [0.05, 0.1) is 13.3 Å². The van der Waals surface area contributed by atoms with Crippen LogP contribution in [0, 0.1) is 13.8 Å². The second kappa shape index (κ2) is 8.29. The molecule has 6 nitrogen and oxygen atoms in total. The molecular weight excluding hydrogens is 326 g/mol. The minimum Gasteiger partial charge on any atom is -0.496 e. The van der Waals surface area contributed by atoms with Gasteiger partial charge in [0.25, 0.3) is 0 Å². The second-order valence-corrected chi connectivity index (χ2v) is 6.03. The fourth-order valence-corrected chi connectivity index (χ4v) is 2.68. The van der Waals surface area contributed by atoms with Crippen molar-refractivity contribution in [2.24, 2.45) is 0 Å². The number of benzene rings is 2. The minimum absolute atomic E-state index is 0.496. The van der Waals surface area contributed by atoms with Crippen LogP contribution in [0.15, 0.2) is 48.7 Å². The molecule has 3 rings (SSSR count). The quantitative estimate of drug-likeness (QED) is 0.674. The highest BCUT2D eigenvalue weighted by Gasteiger charge is 2.05. The molecule has 2 N–H and O–H groups in total. The Hall–Kier alpha value is -3.15. The number of aromatic nitrogens is 3. The van der Waals surface area contributed by atoms with Gasteiger partial charge in [-0.2, -0.15) is 10.1 Å². The van der Waals surface area contributed by atoms with Crippen molar-refractivity contribution in [3.05, 3.63) is 65.4 Å². The summed E-state index contributed by atoms with van der Waals surface area (Å²) >= 11 is 0. The Morgan fingerprint density at radius 2 is 1.88 bits per heavy atom. The molecule has 0 spiro atoms. The molecule has 1 aromatic heterocycles. The number of rotatable bonds is 7. The first-order chi connectivity index (χ1) is 12.7. The van der Waals surface area contributed by atoms with Gasteiger partial charge in [-0.3, -0.25) is 0 Å². The summed E-state index contributed by atoms with van der Waals surface area (Å²) in [5.41, 5.74) is 4.58. The molecule has 134 valence electrons. The molecule has 26 heavy (non-hydrogen) atoms. The van der Waals surface area contributed by atoms with Crippen LogP contribution in [0.3, 0.4) is 0 Å². The zero-order valence-corrected chi connectivity index (χ0v) is 15.3. The van der Waals surface area contributed by atoms with Crippen LogP contribution in [-0.2, 0) is 6.42 Å². The lowest BCUT2D eigenvalue weighted by molar-refractivity contribution is 0.410. The molecule has 0 aliphatic carbocycles. The van der Waals surface area contributed by atoms with Crippen molar-refractivity contribution in [2.45, 2.75) is 20.3 Å². The smallest absolute Gasteiger partial charge is 0.244 e. The number of ether oxygens (including phenoxy) is 1. The summed E-state index contributed by atoms with van der Waals surface area (Å²) in [6, 6.07) is 14.1. The average Bonchev–Trinajstić information content (AvgIpc) is 2.66. The zero-order chi connectivity index (χ0) is 18.4. The Morgan fingerprint density at radius 1 is 1.04 bits per heavy atom. The van der Waals surface area contributed by atoms with Gasteiger partial charge in [-0.1, -0.05) is 30.3 Å². The lowest BCUT2D eigenvalue weighted by atomic mass is 10.1. The van der Waals surface area contributed by atoms with Crippen molar-refractivity contribution in [1.29, 1.82) is 0 Å². The Bertz CT molecular complexity index is 882. The summed E-state index contributed by atoms with van der Waals surface area (Å²) in [6.07, 6.45) is 2.43. The van der Waals surface area contributed by atoms with Gasteiger partial charge in [0, 0.05) is 12.2 Å². The standard InChI is InChI=1S/C20H23N5O/c1-14-7-6-9-17(15(14)2)23-19-13-22-25-20(24-19)21-12-11-16-8-4-5-10-18(16)26-3/h4-10,13H,11-12H2,1-3H3,(H2,21,23,24,25). The monoisotopic (exact) mass is 349 g/mol. The van der Waals surface area contributed by atoms with E-state index >= 15 is 0 Å². The highest BCUT2D eigenvalue weighted by molar-refractivity contribution is 5.61. The van der Waals surface area contributed by atoms with Crippen LogP contribution in [0.1, 0.15) is 16.7 Å². The van der Waals surface area contributed by atoms with Gasteiger partial charge in [-0.15, -0.1) is 5.10 Å². The number of methoxy groups -OCH3 is 1. The Morgan fingerprint density at radius 3 is 2.73 bits per heavy atom. The molecule has 2 aromatic carbocycles. The summed E-state index contributed by atoms with van der Waals surface area (Å²) in [4.78, 5) is 4.49. The maximum atomic E-state index is 5.37. The summed E-state index contributed by atoms with van der Waals surface area (Å²) in [5.74, 6) is 2.04. The Kier molecular flexibility index (Phi) is 5.63. The topological polar surface area (TPSA) is 72.0 Å². The molecule has 0 amide bonds. The van der Waals surface area contributed by atoms with Crippen LogP contribution in [0.4, 0.5) is 17.5 Å². The largest absolute Gasteiger partial charge is 0.496 e.